The standard InChI is InChI=1S/C26H25N5O3S/c32-26(28-21-10-7-13-23(17-21)35(33,34)30-15-5-2-6-16-30)24-19-31(22-11-3-1-4-12-22)29-25(24)20-9-8-14-27-18-20/h1,3-4,7-14,17-19H,2,5-6,15-16H2,(H,28,32). The highest BCUT2D eigenvalue weighted by Gasteiger charge is 2.26. The summed E-state index contributed by atoms with van der Waals surface area (Å²) in [5.74, 6) is -0.390. The number of anilines is 1. The Bertz CT molecular complexity index is 1430. The van der Waals surface area contributed by atoms with E-state index in [-0.39, 0.29) is 4.90 Å². The molecule has 1 amide bonds. The number of carbonyl (C=O) groups excluding carboxylic acids is 1. The number of hydrogen-bond acceptors (Lipinski definition) is 5. The van der Waals surface area contributed by atoms with Crippen molar-refractivity contribution in [3.8, 4) is 16.9 Å². The Kier molecular flexibility index (Phi) is 6.43. The average Bonchev–Trinajstić information content (AvgIpc) is 3.36. The number of carbonyl (C=O) groups is 1. The minimum absolute atomic E-state index is 0.171. The molecule has 5 rings (SSSR count). The van der Waals surface area contributed by atoms with Crippen LogP contribution in [0.1, 0.15) is 29.6 Å². The molecule has 9 heteroatoms. The van der Waals surface area contributed by atoms with E-state index in [1.54, 1.807) is 47.5 Å². The van der Waals surface area contributed by atoms with Crippen molar-refractivity contribution >= 4 is 21.6 Å². The molecule has 0 atom stereocenters. The molecule has 0 saturated carbocycles. The van der Waals surface area contributed by atoms with Gasteiger partial charge < -0.3 is 5.32 Å². The molecular weight excluding hydrogens is 462 g/mol. The van der Waals surface area contributed by atoms with E-state index in [0.717, 1.165) is 24.9 Å². The highest BCUT2D eigenvalue weighted by Crippen LogP contribution is 2.26. The Morgan fingerprint density at radius 3 is 2.46 bits per heavy atom. The monoisotopic (exact) mass is 487 g/mol. The number of para-hydroxylation sites is 1. The van der Waals surface area contributed by atoms with Gasteiger partial charge in [-0.15, -0.1) is 0 Å². The van der Waals surface area contributed by atoms with Gasteiger partial charge in [-0.2, -0.15) is 9.40 Å². The van der Waals surface area contributed by atoms with Crippen LogP contribution in [0.15, 0.2) is 90.2 Å². The normalized spacial score (nSPS) is 14.5. The largest absolute Gasteiger partial charge is 0.322 e. The molecule has 0 unspecified atom stereocenters. The minimum atomic E-state index is -3.61. The van der Waals surface area contributed by atoms with Crippen LogP contribution in [0.2, 0.25) is 0 Å². The van der Waals surface area contributed by atoms with Gasteiger partial charge in [0.1, 0.15) is 5.69 Å². The Hall–Kier alpha value is -3.82. The van der Waals surface area contributed by atoms with E-state index < -0.39 is 15.9 Å². The second-order valence-corrected chi connectivity index (χ2v) is 10.3. The maximum Gasteiger partial charge on any atom is 0.259 e. The molecule has 0 spiro atoms. The summed E-state index contributed by atoms with van der Waals surface area (Å²) in [6.07, 6.45) is 7.74. The van der Waals surface area contributed by atoms with Gasteiger partial charge in [0.15, 0.2) is 0 Å². The van der Waals surface area contributed by atoms with Crippen molar-refractivity contribution in [1.29, 1.82) is 0 Å². The van der Waals surface area contributed by atoms with E-state index in [4.69, 9.17) is 0 Å². The summed E-state index contributed by atoms with van der Waals surface area (Å²) < 4.78 is 29.3. The second-order valence-electron chi connectivity index (χ2n) is 8.36. The molecule has 1 aliphatic heterocycles. The molecule has 35 heavy (non-hydrogen) atoms. The molecule has 0 aliphatic carbocycles. The van der Waals surface area contributed by atoms with Gasteiger partial charge in [0.25, 0.3) is 5.91 Å². The molecule has 1 N–H and O–H groups in total. The van der Waals surface area contributed by atoms with E-state index in [9.17, 15) is 13.2 Å². The highest BCUT2D eigenvalue weighted by atomic mass is 32.2. The first-order valence-electron chi connectivity index (χ1n) is 11.5. The van der Waals surface area contributed by atoms with Crippen LogP contribution in [-0.2, 0) is 10.0 Å². The van der Waals surface area contributed by atoms with E-state index in [1.165, 1.54) is 10.4 Å². The van der Waals surface area contributed by atoms with Gasteiger partial charge in [0, 0.05) is 42.9 Å². The van der Waals surface area contributed by atoms with Crippen LogP contribution in [0.25, 0.3) is 16.9 Å². The van der Waals surface area contributed by atoms with E-state index in [1.807, 2.05) is 36.4 Å². The van der Waals surface area contributed by atoms with Gasteiger partial charge >= 0.3 is 0 Å². The van der Waals surface area contributed by atoms with Crippen molar-refractivity contribution in [3.05, 3.63) is 90.9 Å². The third-order valence-electron chi connectivity index (χ3n) is 5.96. The molecule has 178 valence electrons. The molecule has 8 nitrogen and oxygen atoms in total. The van der Waals surface area contributed by atoms with Crippen molar-refractivity contribution in [1.82, 2.24) is 19.1 Å². The van der Waals surface area contributed by atoms with Gasteiger partial charge in [-0.3, -0.25) is 9.78 Å². The summed E-state index contributed by atoms with van der Waals surface area (Å²) in [6, 6.07) is 19.5. The summed E-state index contributed by atoms with van der Waals surface area (Å²) in [5, 5.41) is 7.50. The zero-order chi connectivity index (χ0) is 24.3. The number of hydrogen-bond donors (Lipinski definition) is 1. The third-order valence-corrected chi connectivity index (χ3v) is 7.85. The molecule has 1 aliphatic rings. The number of piperidine rings is 1. The number of rotatable bonds is 6. The topological polar surface area (TPSA) is 97.2 Å². The predicted molar refractivity (Wildman–Crippen MR) is 134 cm³/mol. The summed E-state index contributed by atoms with van der Waals surface area (Å²) in [4.78, 5) is 17.7. The summed E-state index contributed by atoms with van der Waals surface area (Å²) >= 11 is 0. The molecule has 0 radical (unpaired) electrons. The van der Waals surface area contributed by atoms with Crippen LogP contribution in [-0.4, -0.2) is 46.5 Å². The number of benzene rings is 2. The van der Waals surface area contributed by atoms with E-state index in [2.05, 4.69) is 15.4 Å². The fourth-order valence-corrected chi connectivity index (χ4v) is 5.72. The molecule has 3 heterocycles. The van der Waals surface area contributed by atoms with Crippen molar-refractivity contribution in [2.45, 2.75) is 24.2 Å². The highest BCUT2D eigenvalue weighted by molar-refractivity contribution is 7.89. The van der Waals surface area contributed by atoms with Gasteiger partial charge in [-0.1, -0.05) is 30.7 Å². The fourth-order valence-electron chi connectivity index (χ4n) is 4.16. The first-order valence-corrected chi connectivity index (χ1v) is 12.9. The summed E-state index contributed by atoms with van der Waals surface area (Å²) in [7, 11) is -3.61. The number of pyridine rings is 1. The molecule has 2 aromatic carbocycles. The lowest BCUT2D eigenvalue weighted by Gasteiger charge is -2.26. The van der Waals surface area contributed by atoms with Crippen LogP contribution < -0.4 is 5.32 Å². The zero-order valence-corrected chi connectivity index (χ0v) is 19.9. The zero-order valence-electron chi connectivity index (χ0n) is 19.0. The van der Waals surface area contributed by atoms with Crippen molar-refractivity contribution in [2.24, 2.45) is 0 Å². The van der Waals surface area contributed by atoms with Crippen LogP contribution in [0.5, 0.6) is 0 Å². The van der Waals surface area contributed by atoms with Crippen molar-refractivity contribution < 1.29 is 13.2 Å². The lowest BCUT2D eigenvalue weighted by molar-refractivity contribution is 0.102. The lowest BCUT2D eigenvalue weighted by Crippen LogP contribution is -2.35. The fraction of sp³-hybridized carbons (Fsp3) is 0.192. The molecule has 4 aromatic rings. The van der Waals surface area contributed by atoms with Crippen LogP contribution in [0.4, 0.5) is 5.69 Å². The van der Waals surface area contributed by atoms with Crippen molar-refractivity contribution in [3.63, 3.8) is 0 Å². The summed E-state index contributed by atoms with van der Waals surface area (Å²) in [6.45, 7) is 1.04. The van der Waals surface area contributed by atoms with Gasteiger partial charge in [0.05, 0.1) is 16.1 Å². The average molecular weight is 488 g/mol. The van der Waals surface area contributed by atoms with Gasteiger partial charge in [-0.05, 0) is 55.3 Å². The maximum atomic E-state index is 13.4. The molecule has 2 aromatic heterocycles. The van der Waals surface area contributed by atoms with Gasteiger partial charge in [-0.25, -0.2) is 13.1 Å². The first kappa shape index (κ1) is 22.9. The third kappa shape index (κ3) is 4.87. The molecule has 0 bridgehead atoms. The van der Waals surface area contributed by atoms with Crippen molar-refractivity contribution in [2.75, 3.05) is 18.4 Å². The van der Waals surface area contributed by atoms with Crippen LogP contribution >= 0.6 is 0 Å². The Morgan fingerprint density at radius 2 is 1.71 bits per heavy atom. The van der Waals surface area contributed by atoms with Crippen LogP contribution in [0, 0.1) is 0 Å². The van der Waals surface area contributed by atoms with Crippen LogP contribution in [0.3, 0.4) is 0 Å². The first-order chi connectivity index (χ1) is 17.0. The van der Waals surface area contributed by atoms with E-state index >= 15 is 0 Å². The number of sulfonamides is 1. The molecule has 1 saturated heterocycles. The Labute approximate surface area is 204 Å². The minimum Gasteiger partial charge on any atom is -0.322 e. The second kappa shape index (κ2) is 9.81. The van der Waals surface area contributed by atoms with E-state index in [0.29, 0.717) is 35.6 Å². The lowest BCUT2D eigenvalue weighted by atomic mass is 10.1. The summed E-state index contributed by atoms with van der Waals surface area (Å²) in [5.41, 5.74) is 2.75. The smallest absolute Gasteiger partial charge is 0.259 e. The quantitative estimate of drug-likeness (QED) is 0.436. The maximum absolute atomic E-state index is 13.4. The van der Waals surface area contributed by atoms with Gasteiger partial charge in [0.2, 0.25) is 10.0 Å². The molecular formula is C26H25N5O3S. The Morgan fingerprint density at radius 1 is 0.914 bits per heavy atom. The SMILES string of the molecule is O=C(Nc1cccc(S(=O)(=O)N2CCCCC2)c1)c1cn(-c2ccccc2)nc1-c1cccnc1. The number of amides is 1. The predicted octanol–water partition coefficient (Wildman–Crippen LogP) is 4.36. The number of aromatic nitrogens is 3. The number of nitrogens with zero attached hydrogens (tertiary/aromatic N) is 4. The Balaban J connectivity index is 1.46. The molecule has 1 fully saturated rings. The number of nitrogens with one attached hydrogen (secondary N) is 1.